The Morgan fingerprint density at radius 2 is 2.16 bits per heavy atom. The Hall–Kier alpha value is -2.10. The smallest absolute Gasteiger partial charge is 0.228 e. The largest absolute Gasteiger partial charge is 0.335 e. The number of hydrogen-bond donors (Lipinski definition) is 1. The normalized spacial score (nSPS) is 17.8. The molecule has 1 aromatic heterocycles. The minimum absolute atomic E-state index is 0.0243. The van der Waals surface area contributed by atoms with Crippen LogP contribution in [0.1, 0.15) is 17.8 Å². The van der Waals surface area contributed by atoms with E-state index < -0.39 is 0 Å². The SMILES string of the molecule is Cc1ccc(NC(=O)C2CCn3ccnc3C2)cc1. The van der Waals surface area contributed by atoms with Gasteiger partial charge < -0.3 is 9.88 Å². The third kappa shape index (κ3) is 2.52. The summed E-state index contributed by atoms with van der Waals surface area (Å²) in [6.07, 6.45) is 5.38. The molecular weight excluding hydrogens is 238 g/mol. The van der Waals surface area contributed by atoms with Crippen molar-refractivity contribution in [3.8, 4) is 0 Å². The molecule has 1 aliphatic rings. The molecule has 0 saturated carbocycles. The van der Waals surface area contributed by atoms with Gasteiger partial charge in [0, 0.05) is 37.0 Å². The zero-order valence-electron chi connectivity index (χ0n) is 11.0. The molecule has 1 aromatic carbocycles. The number of rotatable bonds is 2. The average molecular weight is 255 g/mol. The van der Waals surface area contributed by atoms with E-state index >= 15 is 0 Å². The Balaban J connectivity index is 1.67. The van der Waals surface area contributed by atoms with Gasteiger partial charge in [-0.3, -0.25) is 4.79 Å². The molecule has 0 bridgehead atoms. The van der Waals surface area contributed by atoms with Gasteiger partial charge in [-0.15, -0.1) is 0 Å². The Kier molecular flexibility index (Phi) is 3.07. The summed E-state index contributed by atoms with van der Waals surface area (Å²) in [7, 11) is 0. The number of fused-ring (bicyclic) bond motifs is 1. The lowest BCUT2D eigenvalue weighted by atomic mass is 9.97. The summed E-state index contributed by atoms with van der Waals surface area (Å²) in [4.78, 5) is 16.5. The first kappa shape index (κ1) is 12.0. The standard InChI is InChI=1S/C15H17N3O/c1-11-2-4-13(5-3-11)17-15(19)12-6-8-18-9-7-16-14(18)10-12/h2-5,7,9,12H,6,8,10H2,1H3,(H,17,19). The van der Waals surface area contributed by atoms with E-state index in [1.807, 2.05) is 37.4 Å². The van der Waals surface area contributed by atoms with Gasteiger partial charge in [0.1, 0.15) is 5.82 Å². The maximum Gasteiger partial charge on any atom is 0.228 e. The molecule has 98 valence electrons. The number of carbonyl (C=O) groups is 1. The van der Waals surface area contributed by atoms with E-state index in [0.717, 1.165) is 30.9 Å². The number of hydrogen-bond acceptors (Lipinski definition) is 2. The van der Waals surface area contributed by atoms with Crippen molar-refractivity contribution in [1.82, 2.24) is 9.55 Å². The fourth-order valence-corrected chi connectivity index (χ4v) is 2.46. The number of anilines is 1. The van der Waals surface area contributed by atoms with Crippen molar-refractivity contribution in [2.45, 2.75) is 26.3 Å². The summed E-state index contributed by atoms with van der Waals surface area (Å²) in [6, 6.07) is 7.89. The van der Waals surface area contributed by atoms with Gasteiger partial charge in [-0.2, -0.15) is 0 Å². The Morgan fingerprint density at radius 1 is 1.37 bits per heavy atom. The van der Waals surface area contributed by atoms with E-state index in [4.69, 9.17) is 0 Å². The van der Waals surface area contributed by atoms with E-state index in [1.54, 1.807) is 6.20 Å². The molecule has 3 rings (SSSR count). The zero-order chi connectivity index (χ0) is 13.2. The number of imidazole rings is 1. The van der Waals surface area contributed by atoms with E-state index in [9.17, 15) is 4.79 Å². The van der Waals surface area contributed by atoms with Crippen molar-refractivity contribution in [2.75, 3.05) is 5.32 Å². The highest BCUT2D eigenvalue weighted by Gasteiger charge is 2.25. The predicted octanol–water partition coefficient (Wildman–Crippen LogP) is 2.39. The zero-order valence-corrected chi connectivity index (χ0v) is 11.0. The van der Waals surface area contributed by atoms with Crippen LogP contribution in [0, 0.1) is 12.8 Å². The molecule has 4 nitrogen and oxygen atoms in total. The van der Waals surface area contributed by atoms with Crippen molar-refractivity contribution in [3.63, 3.8) is 0 Å². The number of carbonyl (C=O) groups excluding carboxylic acids is 1. The molecule has 0 radical (unpaired) electrons. The van der Waals surface area contributed by atoms with Crippen LogP contribution in [0.3, 0.4) is 0 Å². The highest BCUT2D eigenvalue weighted by Crippen LogP contribution is 2.21. The molecule has 1 N–H and O–H groups in total. The predicted molar refractivity (Wildman–Crippen MR) is 73.8 cm³/mol. The van der Waals surface area contributed by atoms with Gasteiger partial charge in [-0.05, 0) is 25.5 Å². The Labute approximate surface area is 112 Å². The Morgan fingerprint density at radius 3 is 2.95 bits per heavy atom. The van der Waals surface area contributed by atoms with Gasteiger partial charge in [0.15, 0.2) is 0 Å². The average Bonchev–Trinajstić information content (AvgIpc) is 2.88. The second-order valence-electron chi connectivity index (χ2n) is 5.08. The van der Waals surface area contributed by atoms with Crippen LogP contribution >= 0.6 is 0 Å². The number of nitrogens with one attached hydrogen (secondary N) is 1. The van der Waals surface area contributed by atoms with Crippen molar-refractivity contribution in [2.24, 2.45) is 5.92 Å². The minimum atomic E-state index is 0.0243. The molecule has 2 aromatic rings. The fourth-order valence-electron chi connectivity index (χ4n) is 2.46. The Bertz CT molecular complexity index is 586. The van der Waals surface area contributed by atoms with Gasteiger partial charge in [-0.25, -0.2) is 4.98 Å². The second kappa shape index (κ2) is 4.88. The van der Waals surface area contributed by atoms with Crippen LogP contribution in [-0.4, -0.2) is 15.5 Å². The van der Waals surface area contributed by atoms with Crippen LogP contribution in [-0.2, 0) is 17.8 Å². The lowest BCUT2D eigenvalue weighted by molar-refractivity contribution is -0.120. The maximum absolute atomic E-state index is 12.2. The topological polar surface area (TPSA) is 46.9 Å². The van der Waals surface area contributed by atoms with E-state index in [2.05, 4.69) is 14.9 Å². The molecule has 4 heteroatoms. The van der Waals surface area contributed by atoms with Crippen LogP contribution < -0.4 is 5.32 Å². The first-order valence-corrected chi connectivity index (χ1v) is 6.60. The summed E-state index contributed by atoms with van der Waals surface area (Å²) in [5.41, 5.74) is 2.06. The van der Waals surface area contributed by atoms with Crippen molar-refractivity contribution >= 4 is 11.6 Å². The van der Waals surface area contributed by atoms with Crippen LogP contribution in [0.25, 0.3) is 0 Å². The van der Waals surface area contributed by atoms with Gasteiger partial charge in [0.2, 0.25) is 5.91 Å². The van der Waals surface area contributed by atoms with Gasteiger partial charge in [0.25, 0.3) is 0 Å². The highest BCUT2D eigenvalue weighted by atomic mass is 16.1. The molecule has 1 amide bonds. The van der Waals surface area contributed by atoms with Crippen LogP contribution in [0.15, 0.2) is 36.7 Å². The first-order valence-electron chi connectivity index (χ1n) is 6.60. The quantitative estimate of drug-likeness (QED) is 0.895. The van der Waals surface area contributed by atoms with Crippen LogP contribution in [0.2, 0.25) is 0 Å². The third-order valence-electron chi connectivity index (χ3n) is 3.64. The monoisotopic (exact) mass is 255 g/mol. The number of benzene rings is 1. The molecule has 0 aliphatic carbocycles. The van der Waals surface area contributed by atoms with Crippen LogP contribution in [0.4, 0.5) is 5.69 Å². The van der Waals surface area contributed by atoms with Crippen molar-refractivity contribution in [3.05, 3.63) is 48.0 Å². The lowest BCUT2D eigenvalue weighted by Gasteiger charge is -2.22. The van der Waals surface area contributed by atoms with E-state index in [-0.39, 0.29) is 11.8 Å². The fraction of sp³-hybridized carbons (Fsp3) is 0.333. The van der Waals surface area contributed by atoms with Gasteiger partial charge >= 0.3 is 0 Å². The summed E-state index contributed by atoms with van der Waals surface area (Å²) in [6.45, 7) is 2.91. The molecule has 1 aliphatic heterocycles. The third-order valence-corrected chi connectivity index (χ3v) is 3.64. The molecular formula is C15H17N3O. The van der Waals surface area contributed by atoms with Crippen LogP contribution in [0.5, 0.6) is 0 Å². The molecule has 0 spiro atoms. The number of amides is 1. The molecule has 2 heterocycles. The summed E-state index contributed by atoms with van der Waals surface area (Å²) in [5, 5.41) is 2.99. The molecule has 0 fully saturated rings. The van der Waals surface area contributed by atoms with E-state index in [1.165, 1.54) is 5.56 Å². The first-order chi connectivity index (χ1) is 9.22. The lowest BCUT2D eigenvalue weighted by Crippen LogP contribution is -2.30. The maximum atomic E-state index is 12.2. The summed E-state index contributed by atoms with van der Waals surface area (Å²) >= 11 is 0. The minimum Gasteiger partial charge on any atom is -0.335 e. The summed E-state index contributed by atoms with van der Waals surface area (Å²) < 4.78 is 2.12. The highest BCUT2D eigenvalue weighted by molar-refractivity contribution is 5.92. The van der Waals surface area contributed by atoms with Gasteiger partial charge in [0.05, 0.1) is 0 Å². The number of nitrogens with zero attached hydrogens (tertiary/aromatic N) is 2. The summed E-state index contributed by atoms with van der Waals surface area (Å²) in [5.74, 6) is 1.13. The number of aromatic nitrogens is 2. The molecule has 19 heavy (non-hydrogen) atoms. The number of aryl methyl sites for hydroxylation is 2. The van der Waals surface area contributed by atoms with Crippen molar-refractivity contribution in [1.29, 1.82) is 0 Å². The van der Waals surface area contributed by atoms with Crippen molar-refractivity contribution < 1.29 is 4.79 Å². The van der Waals surface area contributed by atoms with Gasteiger partial charge in [-0.1, -0.05) is 17.7 Å². The second-order valence-corrected chi connectivity index (χ2v) is 5.08. The molecule has 1 atom stereocenters. The van der Waals surface area contributed by atoms with E-state index in [0.29, 0.717) is 0 Å². The molecule has 1 unspecified atom stereocenters. The molecule has 0 saturated heterocycles.